The number of guanidine groups is 1. The Hall–Kier alpha value is -2.05. The van der Waals surface area contributed by atoms with Crippen LogP contribution in [0.2, 0.25) is 0 Å². The average Bonchev–Trinajstić information content (AvgIpc) is 3.23. The lowest BCUT2D eigenvalue weighted by Gasteiger charge is -2.27. The minimum absolute atomic E-state index is 0.0137. The molecule has 6 heteroatoms. The van der Waals surface area contributed by atoms with Crippen molar-refractivity contribution < 1.29 is 9.84 Å². The summed E-state index contributed by atoms with van der Waals surface area (Å²) in [6.07, 6.45) is 2.67. The molecule has 6 nitrogen and oxygen atoms in total. The number of aromatic nitrogens is 1. The molecule has 0 saturated carbocycles. The predicted molar refractivity (Wildman–Crippen MR) is 106 cm³/mol. The van der Waals surface area contributed by atoms with Crippen LogP contribution in [0.4, 0.5) is 0 Å². The molecule has 1 unspecified atom stereocenters. The average molecular weight is 358 g/mol. The normalized spacial score (nSPS) is 20.7. The van der Waals surface area contributed by atoms with E-state index in [4.69, 9.17) is 4.74 Å². The maximum atomic E-state index is 9.34. The quantitative estimate of drug-likeness (QED) is 0.451. The van der Waals surface area contributed by atoms with Crippen molar-refractivity contribution in [2.45, 2.75) is 26.2 Å². The number of aromatic amines is 1. The molecule has 0 aliphatic carbocycles. The topological polar surface area (TPSA) is 81.7 Å². The first-order chi connectivity index (χ1) is 12.7. The molecule has 4 N–H and O–H groups in total. The van der Waals surface area contributed by atoms with Gasteiger partial charge in [0.1, 0.15) is 0 Å². The lowest BCUT2D eigenvalue weighted by molar-refractivity contribution is 0.127. The highest BCUT2D eigenvalue weighted by Crippen LogP contribution is 2.31. The molecule has 1 saturated heterocycles. The fraction of sp³-hybridized carbons (Fsp3) is 0.550. The molecule has 1 aliphatic heterocycles. The molecular weight excluding hydrogens is 328 g/mol. The molecule has 1 fully saturated rings. The number of aliphatic imine (C=N–C) groups is 1. The molecule has 1 aliphatic rings. The Labute approximate surface area is 155 Å². The Kier molecular flexibility index (Phi) is 6.16. The molecule has 0 radical (unpaired) electrons. The van der Waals surface area contributed by atoms with E-state index in [1.165, 1.54) is 22.2 Å². The fourth-order valence-corrected chi connectivity index (χ4v) is 3.77. The number of H-pyrrole nitrogens is 1. The van der Waals surface area contributed by atoms with Crippen molar-refractivity contribution >= 4 is 16.9 Å². The molecule has 142 valence electrons. The number of hydrogen-bond donors (Lipinski definition) is 4. The van der Waals surface area contributed by atoms with Gasteiger partial charge in [0, 0.05) is 55.4 Å². The third-order valence-corrected chi connectivity index (χ3v) is 5.38. The van der Waals surface area contributed by atoms with E-state index in [2.05, 4.69) is 51.8 Å². The van der Waals surface area contributed by atoms with Gasteiger partial charge in [-0.25, -0.2) is 0 Å². The lowest BCUT2D eigenvalue weighted by Crippen LogP contribution is -2.45. The molecule has 1 aromatic carbocycles. The van der Waals surface area contributed by atoms with E-state index in [0.717, 1.165) is 44.9 Å². The van der Waals surface area contributed by atoms with E-state index in [1.807, 2.05) is 0 Å². The second-order valence-electron chi connectivity index (χ2n) is 7.15. The number of aliphatic hydroxyl groups is 1. The zero-order chi connectivity index (χ0) is 18.4. The minimum atomic E-state index is 0.0137. The van der Waals surface area contributed by atoms with Crippen molar-refractivity contribution in [1.82, 2.24) is 15.6 Å². The first-order valence-electron chi connectivity index (χ1n) is 9.37. The Morgan fingerprint density at radius 2 is 2.19 bits per heavy atom. The van der Waals surface area contributed by atoms with Crippen molar-refractivity contribution in [3.05, 3.63) is 35.5 Å². The van der Waals surface area contributed by atoms with Gasteiger partial charge in [-0.15, -0.1) is 0 Å². The Bertz CT molecular complexity index is 747. The lowest BCUT2D eigenvalue weighted by atomic mass is 9.84. The molecule has 1 aromatic heterocycles. The fourth-order valence-electron chi connectivity index (χ4n) is 3.77. The van der Waals surface area contributed by atoms with Crippen LogP contribution in [-0.2, 0) is 11.2 Å². The maximum absolute atomic E-state index is 9.34. The van der Waals surface area contributed by atoms with Gasteiger partial charge in [0.15, 0.2) is 5.96 Å². The van der Waals surface area contributed by atoms with Crippen molar-refractivity contribution in [3.8, 4) is 0 Å². The van der Waals surface area contributed by atoms with Crippen LogP contribution in [0.5, 0.6) is 0 Å². The number of para-hydroxylation sites is 1. The van der Waals surface area contributed by atoms with Crippen LogP contribution in [-0.4, -0.2) is 56.0 Å². The number of rotatable bonds is 7. The van der Waals surface area contributed by atoms with Gasteiger partial charge in [-0.05, 0) is 37.8 Å². The smallest absolute Gasteiger partial charge is 0.191 e. The van der Waals surface area contributed by atoms with Gasteiger partial charge in [0.2, 0.25) is 0 Å². The van der Waals surface area contributed by atoms with Crippen molar-refractivity contribution in [2.24, 2.45) is 10.4 Å². The highest BCUT2D eigenvalue weighted by atomic mass is 16.5. The molecule has 0 bridgehead atoms. The molecule has 3 rings (SSSR count). The summed E-state index contributed by atoms with van der Waals surface area (Å²) in [7, 11) is 1.79. The van der Waals surface area contributed by atoms with Gasteiger partial charge in [-0.1, -0.05) is 18.2 Å². The molecule has 2 aromatic rings. The van der Waals surface area contributed by atoms with E-state index < -0.39 is 0 Å². The van der Waals surface area contributed by atoms with Gasteiger partial charge in [-0.3, -0.25) is 4.99 Å². The van der Waals surface area contributed by atoms with E-state index >= 15 is 0 Å². The number of hydrogen-bond acceptors (Lipinski definition) is 3. The van der Waals surface area contributed by atoms with Crippen molar-refractivity contribution in [3.63, 3.8) is 0 Å². The zero-order valence-electron chi connectivity index (χ0n) is 15.8. The van der Waals surface area contributed by atoms with Crippen LogP contribution in [0.25, 0.3) is 10.9 Å². The molecule has 2 heterocycles. The van der Waals surface area contributed by atoms with Gasteiger partial charge < -0.3 is 25.5 Å². The molecular formula is C20H30N4O2. The minimum Gasteiger partial charge on any atom is -0.396 e. The molecule has 26 heavy (non-hydrogen) atoms. The van der Waals surface area contributed by atoms with Gasteiger partial charge >= 0.3 is 0 Å². The van der Waals surface area contributed by atoms with Crippen LogP contribution in [0.15, 0.2) is 29.3 Å². The number of ether oxygens (including phenoxy) is 1. The second-order valence-corrected chi connectivity index (χ2v) is 7.15. The number of nitrogens with zero attached hydrogens (tertiary/aromatic N) is 1. The van der Waals surface area contributed by atoms with Gasteiger partial charge in [-0.2, -0.15) is 0 Å². The molecule has 0 amide bonds. The van der Waals surface area contributed by atoms with E-state index in [9.17, 15) is 5.11 Å². The highest BCUT2D eigenvalue weighted by molar-refractivity contribution is 5.84. The van der Waals surface area contributed by atoms with E-state index in [0.29, 0.717) is 6.61 Å². The van der Waals surface area contributed by atoms with Crippen molar-refractivity contribution in [2.75, 3.05) is 40.0 Å². The van der Waals surface area contributed by atoms with Crippen LogP contribution in [0.3, 0.4) is 0 Å². The first kappa shape index (κ1) is 18.7. The number of fused-ring (bicyclic) bond motifs is 1. The number of benzene rings is 1. The Balaban J connectivity index is 1.53. The van der Waals surface area contributed by atoms with E-state index in [1.54, 1.807) is 7.05 Å². The number of aryl methyl sites for hydroxylation is 1. The zero-order valence-corrected chi connectivity index (χ0v) is 15.8. The largest absolute Gasteiger partial charge is 0.396 e. The Morgan fingerprint density at radius 1 is 1.35 bits per heavy atom. The van der Waals surface area contributed by atoms with Crippen LogP contribution in [0.1, 0.15) is 24.1 Å². The van der Waals surface area contributed by atoms with Gasteiger partial charge in [0.05, 0.1) is 6.61 Å². The second kappa shape index (κ2) is 8.56. The Morgan fingerprint density at radius 3 is 2.92 bits per heavy atom. The number of nitrogens with one attached hydrogen (secondary N) is 3. The summed E-state index contributed by atoms with van der Waals surface area (Å²) < 4.78 is 5.55. The maximum Gasteiger partial charge on any atom is 0.191 e. The summed E-state index contributed by atoms with van der Waals surface area (Å²) in [5, 5.41) is 17.4. The summed E-state index contributed by atoms with van der Waals surface area (Å²) in [5.74, 6) is 0.798. The summed E-state index contributed by atoms with van der Waals surface area (Å²) in [6, 6.07) is 8.42. The summed E-state index contributed by atoms with van der Waals surface area (Å²) in [5.41, 5.74) is 3.78. The molecule has 1 atom stereocenters. The number of aliphatic hydroxyl groups excluding tert-OH is 1. The van der Waals surface area contributed by atoms with Crippen LogP contribution < -0.4 is 10.6 Å². The monoisotopic (exact) mass is 358 g/mol. The van der Waals surface area contributed by atoms with Crippen molar-refractivity contribution in [1.29, 1.82) is 0 Å². The standard InChI is InChI=1S/C20H30N4O2/c1-15-16(17-5-3-4-6-18(17)24-15)7-10-22-19(21-2)23-13-20(8-11-25)9-12-26-14-20/h3-6,24-25H,7-14H2,1-2H3,(H2,21,22,23). The third-order valence-electron chi connectivity index (χ3n) is 5.38. The van der Waals surface area contributed by atoms with Gasteiger partial charge in [0.25, 0.3) is 0 Å². The SMILES string of the molecule is CN=C(NCCc1c(C)[nH]c2ccccc12)NCC1(CCO)CCOC1. The third kappa shape index (κ3) is 4.19. The van der Waals surface area contributed by atoms with Crippen LogP contribution >= 0.6 is 0 Å². The summed E-state index contributed by atoms with van der Waals surface area (Å²) in [6.45, 7) is 5.36. The first-order valence-corrected chi connectivity index (χ1v) is 9.37. The summed E-state index contributed by atoms with van der Waals surface area (Å²) >= 11 is 0. The predicted octanol–water partition coefficient (Wildman–Crippen LogP) is 1.97. The summed E-state index contributed by atoms with van der Waals surface area (Å²) in [4.78, 5) is 7.78. The highest BCUT2D eigenvalue weighted by Gasteiger charge is 2.34. The van der Waals surface area contributed by atoms with E-state index in [-0.39, 0.29) is 12.0 Å². The van der Waals surface area contributed by atoms with Crippen LogP contribution in [0, 0.1) is 12.3 Å². The molecule has 0 spiro atoms.